The van der Waals surface area contributed by atoms with Crippen LogP contribution in [0.4, 0.5) is 0 Å². The highest BCUT2D eigenvalue weighted by Crippen LogP contribution is 2.32. The highest BCUT2D eigenvalue weighted by atomic mass is 16.5. The minimum absolute atomic E-state index is 0.638. The molecule has 0 spiro atoms. The Labute approximate surface area is 221 Å². The third-order valence-electron chi connectivity index (χ3n) is 7.75. The Morgan fingerprint density at radius 3 is 2.11 bits per heavy atom. The van der Waals surface area contributed by atoms with E-state index in [1.165, 1.54) is 102 Å². The standard InChI is InChI=1S/C33H50N2O/c1-3-5-7-8-9-10-12-15-30-26-34-33(35-27-30)31-21-23-32(24-22-31)36-25-13-16-29-19-17-28(18-20-29)14-11-6-4-2/h13,16,21-24,26-29H,3-12,14-15,17-20,25H2,1-2H3/b16-13+/t28-,29-. The molecule has 3 heteroatoms. The summed E-state index contributed by atoms with van der Waals surface area (Å²) in [5.41, 5.74) is 2.28. The Kier molecular flexibility index (Phi) is 13.7. The zero-order valence-corrected chi connectivity index (χ0v) is 23.1. The molecule has 1 aromatic carbocycles. The van der Waals surface area contributed by atoms with Crippen LogP contribution in [0.2, 0.25) is 0 Å². The second-order valence-electron chi connectivity index (χ2n) is 10.8. The van der Waals surface area contributed by atoms with E-state index >= 15 is 0 Å². The number of ether oxygens (including phenoxy) is 1. The smallest absolute Gasteiger partial charge is 0.159 e. The summed E-state index contributed by atoms with van der Waals surface area (Å²) in [6.45, 7) is 5.20. The molecular formula is C33H50N2O. The lowest BCUT2D eigenvalue weighted by Gasteiger charge is -2.26. The molecule has 2 aromatic rings. The molecule has 1 aliphatic carbocycles. The van der Waals surface area contributed by atoms with Crippen molar-refractivity contribution in [2.45, 2.75) is 117 Å². The fourth-order valence-electron chi connectivity index (χ4n) is 5.36. The van der Waals surface area contributed by atoms with Gasteiger partial charge in [-0.2, -0.15) is 0 Å². The van der Waals surface area contributed by atoms with Crippen molar-refractivity contribution in [3.8, 4) is 17.1 Å². The van der Waals surface area contributed by atoms with Gasteiger partial charge < -0.3 is 4.74 Å². The molecule has 0 bridgehead atoms. The number of hydrogen-bond donors (Lipinski definition) is 0. The fraction of sp³-hybridized carbons (Fsp3) is 0.636. The predicted octanol–water partition coefficient (Wildman–Crippen LogP) is 9.76. The number of benzene rings is 1. The maximum atomic E-state index is 5.95. The number of hydrogen-bond acceptors (Lipinski definition) is 3. The van der Waals surface area contributed by atoms with Gasteiger partial charge in [0.1, 0.15) is 12.4 Å². The van der Waals surface area contributed by atoms with Gasteiger partial charge in [-0.3, -0.25) is 0 Å². The van der Waals surface area contributed by atoms with E-state index in [2.05, 4.69) is 48.1 Å². The largest absolute Gasteiger partial charge is 0.490 e. The third kappa shape index (κ3) is 10.8. The number of aryl methyl sites for hydroxylation is 1. The highest BCUT2D eigenvalue weighted by molar-refractivity contribution is 5.55. The van der Waals surface area contributed by atoms with Crippen molar-refractivity contribution in [3.63, 3.8) is 0 Å². The van der Waals surface area contributed by atoms with Crippen molar-refractivity contribution >= 4 is 0 Å². The van der Waals surface area contributed by atoms with Gasteiger partial charge in [-0.1, -0.05) is 90.2 Å². The minimum Gasteiger partial charge on any atom is -0.490 e. The van der Waals surface area contributed by atoms with E-state index < -0.39 is 0 Å². The maximum Gasteiger partial charge on any atom is 0.159 e. The van der Waals surface area contributed by atoms with E-state index in [9.17, 15) is 0 Å². The van der Waals surface area contributed by atoms with Crippen molar-refractivity contribution in [2.24, 2.45) is 11.8 Å². The number of allylic oxidation sites excluding steroid dienone is 1. The molecule has 0 unspecified atom stereocenters. The number of rotatable bonds is 17. The summed E-state index contributed by atoms with van der Waals surface area (Å²) >= 11 is 0. The first-order valence-electron chi connectivity index (χ1n) is 15.0. The Balaban J connectivity index is 1.32. The highest BCUT2D eigenvalue weighted by Gasteiger charge is 2.18. The molecule has 1 heterocycles. The maximum absolute atomic E-state index is 5.95. The molecule has 0 saturated heterocycles. The normalized spacial score (nSPS) is 18.1. The molecular weight excluding hydrogens is 440 g/mol. The molecule has 0 amide bonds. The van der Waals surface area contributed by atoms with Crippen LogP contribution in [0.1, 0.15) is 116 Å². The lowest BCUT2D eigenvalue weighted by atomic mass is 9.79. The Morgan fingerprint density at radius 2 is 1.42 bits per heavy atom. The van der Waals surface area contributed by atoms with Crippen LogP contribution in [-0.2, 0) is 6.42 Å². The zero-order chi connectivity index (χ0) is 25.3. The van der Waals surface area contributed by atoms with Crippen molar-refractivity contribution < 1.29 is 4.74 Å². The molecule has 198 valence electrons. The van der Waals surface area contributed by atoms with E-state index in [1.54, 1.807) is 0 Å². The zero-order valence-electron chi connectivity index (χ0n) is 23.1. The Bertz CT molecular complexity index is 835. The molecule has 0 atom stereocenters. The van der Waals surface area contributed by atoms with Crippen LogP contribution in [0.3, 0.4) is 0 Å². The van der Waals surface area contributed by atoms with Crippen molar-refractivity contribution in [2.75, 3.05) is 6.61 Å². The second-order valence-corrected chi connectivity index (χ2v) is 10.8. The Morgan fingerprint density at radius 1 is 0.778 bits per heavy atom. The first-order chi connectivity index (χ1) is 17.8. The van der Waals surface area contributed by atoms with Gasteiger partial charge >= 0.3 is 0 Å². The van der Waals surface area contributed by atoms with E-state index in [1.807, 2.05) is 24.5 Å². The summed E-state index contributed by atoms with van der Waals surface area (Å²) in [5, 5.41) is 0. The van der Waals surface area contributed by atoms with Crippen LogP contribution < -0.4 is 4.74 Å². The minimum atomic E-state index is 0.638. The molecule has 1 saturated carbocycles. The van der Waals surface area contributed by atoms with Gasteiger partial charge in [0.05, 0.1) is 0 Å². The number of nitrogens with zero attached hydrogens (tertiary/aromatic N) is 2. The molecule has 1 fully saturated rings. The molecule has 0 N–H and O–H groups in total. The average Bonchev–Trinajstić information content (AvgIpc) is 2.92. The molecule has 0 aliphatic heterocycles. The Hall–Kier alpha value is -2.16. The summed E-state index contributed by atoms with van der Waals surface area (Å²) in [6.07, 6.45) is 30.1. The van der Waals surface area contributed by atoms with E-state index in [4.69, 9.17) is 4.74 Å². The molecule has 1 aliphatic rings. The van der Waals surface area contributed by atoms with E-state index in [0.717, 1.165) is 35.4 Å². The van der Waals surface area contributed by atoms with E-state index in [-0.39, 0.29) is 0 Å². The summed E-state index contributed by atoms with van der Waals surface area (Å²) in [6, 6.07) is 8.18. The first kappa shape index (κ1) is 28.4. The van der Waals surface area contributed by atoms with Crippen LogP contribution in [0.5, 0.6) is 5.75 Å². The predicted molar refractivity (Wildman–Crippen MR) is 153 cm³/mol. The number of aromatic nitrogens is 2. The molecule has 0 radical (unpaired) electrons. The van der Waals surface area contributed by atoms with Crippen molar-refractivity contribution in [1.29, 1.82) is 0 Å². The van der Waals surface area contributed by atoms with Crippen LogP contribution in [0.15, 0.2) is 48.8 Å². The fourth-order valence-corrected chi connectivity index (χ4v) is 5.36. The summed E-state index contributed by atoms with van der Waals surface area (Å²) in [5.74, 6) is 3.40. The van der Waals surface area contributed by atoms with Gasteiger partial charge in [-0.15, -0.1) is 0 Å². The van der Waals surface area contributed by atoms with E-state index in [0.29, 0.717) is 6.61 Å². The third-order valence-corrected chi connectivity index (χ3v) is 7.75. The summed E-state index contributed by atoms with van der Waals surface area (Å²) in [4.78, 5) is 9.22. The van der Waals surface area contributed by atoms with Gasteiger partial charge in [-0.05, 0) is 80.2 Å². The van der Waals surface area contributed by atoms with Crippen LogP contribution >= 0.6 is 0 Å². The molecule has 3 nitrogen and oxygen atoms in total. The van der Waals surface area contributed by atoms with Crippen molar-refractivity contribution in [3.05, 3.63) is 54.4 Å². The monoisotopic (exact) mass is 490 g/mol. The van der Waals surface area contributed by atoms with Gasteiger partial charge in [0.25, 0.3) is 0 Å². The topological polar surface area (TPSA) is 35.0 Å². The lowest BCUT2D eigenvalue weighted by molar-refractivity contribution is 0.288. The number of unbranched alkanes of at least 4 members (excludes halogenated alkanes) is 8. The summed E-state index contributed by atoms with van der Waals surface area (Å²) < 4.78 is 5.95. The first-order valence-corrected chi connectivity index (χ1v) is 15.0. The quantitative estimate of drug-likeness (QED) is 0.163. The van der Waals surface area contributed by atoms with Crippen LogP contribution in [0.25, 0.3) is 11.4 Å². The van der Waals surface area contributed by atoms with Crippen molar-refractivity contribution in [1.82, 2.24) is 9.97 Å². The van der Waals surface area contributed by atoms with Gasteiger partial charge in [0.15, 0.2) is 5.82 Å². The van der Waals surface area contributed by atoms with Gasteiger partial charge in [-0.25, -0.2) is 9.97 Å². The van der Waals surface area contributed by atoms with Gasteiger partial charge in [0.2, 0.25) is 0 Å². The average molecular weight is 491 g/mol. The SMILES string of the molecule is CCCCCCCCCc1cnc(-c2ccc(OC/C=C/[C@H]3CC[C@H](CCCCC)CC3)cc2)nc1. The molecule has 36 heavy (non-hydrogen) atoms. The van der Waals surface area contributed by atoms with Crippen LogP contribution in [-0.4, -0.2) is 16.6 Å². The second kappa shape index (κ2) is 17.3. The summed E-state index contributed by atoms with van der Waals surface area (Å²) in [7, 11) is 0. The van der Waals surface area contributed by atoms with Gasteiger partial charge in [0, 0.05) is 18.0 Å². The molecule has 3 rings (SSSR count). The van der Waals surface area contributed by atoms with Crippen LogP contribution in [0, 0.1) is 11.8 Å². The molecule has 1 aromatic heterocycles. The lowest BCUT2D eigenvalue weighted by Crippen LogP contribution is -2.13.